The van der Waals surface area contributed by atoms with Gasteiger partial charge in [-0.05, 0) is 31.2 Å². The molecule has 0 bridgehead atoms. The number of hydrogen-bond donors (Lipinski definition) is 2. The Hall–Kier alpha value is -3.95. The number of nitrogens with one attached hydrogen (secondary N) is 2. The summed E-state index contributed by atoms with van der Waals surface area (Å²) in [5.41, 5.74) is 1.07. The van der Waals surface area contributed by atoms with Gasteiger partial charge in [-0.25, -0.2) is 4.79 Å². The van der Waals surface area contributed by atoms with Gasteiger partial charge in [0.2, 0.25) is 0 Å². The van der Waals surface area contributed by atoms with Gasteiger partial charge in [0.05, 0.1) is 16.5 Å². The molecule has 138 valence electrons. The lowest BCUT2D eigenvalue weighted by atomic mass is 10.1. The van der Waals surface area contributed by atoms with Crippen molar-refractivity contribution in [2.24, 2.45) is 0 Å². The van der Waals surface area contributed by atoms with Gasteiger partial charge >= 0.3 is 5.97 Å². The second-order valence-corrected chi connectivity index (χ2v) is 5.51. The Morgan fingerprint density at radius 3 is 2.41 bits per heavy atom. The lowest BCUT2D eigenvalue weighted by Crippen LogP contribution is -2.04. The van der Waals surface area contributed by atoms with Crippen molar-refractivity contribution in [3.05, 3.63) is 68.4 Å². The van der Waals surface area contributed by atoms with E-state index in [0.717, 1.165) is 0 Å². The van der Waals surface area contributed by atoms with Crippen LogP contribution in [0.1, 0.15) is 17.4 Å². The maximum Gasteiger partial charge on any atom is 0.354 e. The van der Waals surface area contributed by atoms with Gasteiger partial charge in [0.15, 0.2) is 0 Å². The van der Waals surface area contributed by atoms with E-state index in [0.29, 0.717) is 16.8 Å². The van der Waals surface area contributed by atoms with E-state index in [4.69, 9.17) is 4.74 Å². The number of carbonyl (C=O) groups is 1. The van der Waals surface area contributed by atoms with Crippen LogP contribution in [-0.4, -0.2) is 27.4 Å². The number of hydrogen-bond acceptors (Lipinski definition) is 7. The average Bonchev–Trinajstić information content (AvgIpc) is 3.08. The number of anilines is 2. The molecule has 0 atom stereocenters. The molecule has 1 aromatic heterocycles. The number of aromatic nitrogens is 1. The smallest absolute Gasteiger partial charge is 0.354 e. The lowest BCUT2D eigenvalue weighted by molar-refractivity contribution is -0.384. The van der Waals surface area contributed by atoms with Crippen LogP contribution in [0.2, 0.25) is 0 Å². The van der Waals surface area contributed by atoms with Crippen LogP contribution in [0.15, 0.2) is 42.5 Å². The quantitative estimate of drug-likeness (QED) is 0.381. The Morgan fingerprint density at radius 2 is 1.81 bits per heavy atom. The number of non-ortho nitro benzene ring substituents is 2. The van der Waals surface area contributed by atoms with E-state index in [1.807, 2.05) is 0 Å². The van der Waals surface area contributed by atoms with Crippen LogP contribution in [-0.2, 0) is 4.74 Å². The zero-order chi connectivity index (χ0) is 19.6. The average molecular weight is 370 g/mol. The number of nitro benzene ring substituents is 2. The van der Waals surface area contributed by atoms with Crippen molar-refractivity contribution >= 4 is 39.6 Å². The first-order valence-corrected chi connectivity index (χ1v) is 7.89. The van der Waals surface area contributed by atoms with E-state index in [1.165, 1.54) is 42.5 Å². The number of nitrogens with zero attached hydrogens (tertiary/aromatic N) is 2. The number of ether oxygens (including phenoxy) is 1. The van der Waals surface area contributed by atoms with Gasteiger partial charge in [-0.1, -0.05) is 0 Å². The molecule has 3 rings (SSSR count). The molecule has 2 aromatic carbocycles. The molecule has 1 heterocycles. The molecule has 0 radical (unpaired) electrons. The third-order valence-corrected chi connectivity index (χ3v) is 3.82. The normalized spacial score (nSPS) is 10.6. The van der Waals surface area contributed by atoms with Crippen molar-refractivity contribution in [3.63, 3.8) is 0 Å². The molecule has 0 aliphatic heterocycles. The summed E-state index contributed by atoms with van der Waals surface area (Å²) in [4.78, 5) is 35.6. The molecule has 0 saturated carbocycles. The predicted octanol–water partition coefficient (Wildman–Crippen LogP) is 3.90. The third-order valence-electron chi connectivity index (χ3n) is 3.82. The summed E-state index contributed by atoms with van der Waals surface area (Å²) in [6.45, 7) is 1.83. The number of nitro groups is 2. The summed E-state index contributed by atoms with van der Waals surface area (Å²) in [5.74, 6) is -0.621. The first-order chi connectivity index (χ1) is 12.9. The molecule has 0 saturated heterocycles. The van der Waals surface area contributed by atoms with Gasteiger partial charge in [0, 0.05) is 35.0 Å². The van der Waals surface area contributed by atoms with E-state index in [9.17, 15) is 25.0 Å². The predicted molar refractivity (Wildman–Crippen MR) is 97.3 cm³/mol. The first kappa shape index (κ1) is 17.9. The number of aromatic amines is 1. The number of carbonyl (C=O) groups excluding carboxylic acids is 1. The van der Waals surface area contributed by atoms with E-state index in [2.05, 4.69) is 10.3 Å². The second-order valence-electron chi connectivity index (χ2n) is 5.51. The molecule has 0 aliphatic carbocycles. The molecule has 27 heavy (non-hydrogen) atoms. The zero-order valence-electron chi connectivity index (χ0n) is 14.1. The van der Waals surface area contributed by atoms with E-state index in [-0.39, 0.29) is 29.2 Å². The molecule has 0 spiro atoms. The van der Waals surface area contributed by atoms with Crippen molar-refractivity contribution in [1.82, 2.24) is 4.98 Å². The zero-order valence-corrected chi connectivity index (χ0v) is 14.1. The summed E-state index contributed by atoms with van der Waals surface area (Å²) in [7, 11) is 0. The largest absolute Gasteiger partial charge is 0.461 e. The first-order valence-electron chi connectivity index (χ1n) is 7.89. The maximum atomic E-state index is 12.0. The summed E-state index contributed by atoms with van der Waals surface area (Å²) in [6.07, 6.45) is 0. The van der Waals surface area contributed by atoms with Crippen LogP contribution >= 0.6 is 0 Å². The minimum Gasteiger partial charge on any atom is -0.461 e. The van der Waals surface area contributed by atoms with Crippen LogP contribution in [0.5, 0.6) is 0 Å². The Morgan fingerprint density at radius 1 is 1.11 bits per heavy atom. The summed E-state index contributed by atoms with van der Waals surface area (Å²) in [5, 5.41) is 25.5. The van der Waals surface area contributed by atoms with Gasteiger partial charge in [-0.3, -0.25) is 20.2 Å². The minimum absolute atomic E-state index is 0.0550. The molecule has 0 amide bonds. The second kappa shape index (κ2) is 7.12. The highest BCUT2D eigenvalue weighted by atomic mass is 16.6. The molecular formula is C17H14N4O6. The van der Waals surface area contributed by atoms with Crippen molar-refractivity contribution in [1.29, 1.82) is 0 Å². The highest BCUT2D eigenvalue weighted by molar-refractivity contribution is 6.04. The van der Waals surface area contributed by atoms with Crippen LogP contribution in [0, 0.1) is 20.2 Å². The molecule has 0 fully saturated rings. The minimum atomic E-state index is -0.621. The third kappa shape index (κ3) is 3.54. The van der Waals surface area contributed by atoms with E-state index < -0.39 is 15.8 Å². The Balaban J connectivity index is 2.04. The topological polar surface area (TPSA) is 140 Å². The Bertz CT molecular complexity index is 1040. The van der Waals surface area contributed by atoms with Crippen molar-refractivity contribution in [2.45, 2.75) is 6.92 Å². The highest BCUT2D eigenvalue weighted by Gasteiger charge is 2.20. The maximum absolute atomic E-state index is 12.0. The molecule has 0 aliphatic rings. The lowest BCUT2D eigenvalue weighted by Gasteiger charge is -2.08. The fourth-order valence-electron chi connectivity index (χ4n) is 2.61. The molecule has 2 N–H and O–H groups in total. The number of rotatable bonds is 6. The fourth-order valence-corrected chi connectivity index (χ4v) is 2.61. The number of fused-ring (bicyclic) bond motifs is 1. The van der Waals surface area contributed by atoms with Gasteiger partial charge in [-0.2, -0.15) is 0 Å². The Labute approximate surface area is 152 Å². The van der Waals surface area contributed by atoms with Gasteiger partial charge in [0.1, 0.15) is 11.2 Å². The molecule has 10 heteroatoms. The number of esters is 1. The van der Waals surface area contributed by atoms with Crippen molar-refractivity contribution < 1.29 is 19.4 Å². The van der Waals surface area contributed by atoms with E-state index in [1.54, 1.807) is 6.92 Å². The van der Waals surface area contributed by atoms with Gasteiger partial charge < -0.3 is 15.0 Å². The summed E-state index contributed by atoms with van der Waals surface area (Å²) >= 11 is 0. The highest BCUT2D eigenvalue weighted by Crippen LogP contribution is 2.34. The van der Waals surface area contributed by atoms with Crippen LogP contribution in [0.3, 0.4) is 0 Å². The van der Waals surface area contributed by atoms with Crippen LogP contribution in [0.25, 0.3) is 10.9 Å². The number of benzene rings is 2. The molecule has 0 unspecified atom stereocenters. The molecule has 10 nitrogen and oxygen atoms in total. The van der Waals surface area contributed by atoms with E-state index >= 15 is 0 Å². The SMILES string of the molecule is CCOC(=O)c1cc2c(Nc3ccc([N+](=O)[O-])cc3)ccc([N+](=O)[O-])c2[nH]1. The summed E-state index contributed by atoms with van der Waals surface area (Å²) < 4.78 is 4.93. The van der Waals surface area contributed by atoms with Crippen LogP contribution < -0.4 is 5.32 Å². The molecular weight excluding hydrogens is 356 g/mol. The number of H-pyrrole nitrogens is 1. The summed E-state index contributed by atoms with van der Waals surface area (Å²) in [6, 6.07) is 9.99. The van der Waals surface area contributed by atoms with Crippen molar-refractivity contribution in [3.8, 4) is 0 Å². The Kier molecular flexibility index (Phi) is 4.71. The molecule has 3 aromatic rings. The van der Waals surface area contributed by atoms with Crippen molar-refractivity contribution in [2.75, 3.05) is 11.9 Å². The van der Waals surface area contributed by atoms with Crippen LogP contribution in [0.4, 0.5) is 22.7 Å². The monoisotopic (exact) mass is 370 g/mol. The van der Waals surface area contributed by atoms with Gasteiger partial charge in [0.25, 0.3) is 11.4 Å². The standard InChI is InChI=1S/C17H14N4O6/c1-2-27-17(22)14-9-12-13(7-8-15(21(25)26)16(12)19-14)18-10-3-5-11(6-4-10)20(23)24/h3-9,18-19H,2H2,1H3. The fraction of sp³-hybridized carbons (Fsp3) is 0.118. The van der Waals surface area contributed by atoms with Gasteiger partial charge in [-0.15, -0.1) is 0 Å².